The topological polar surface area (TPSA) is 22.3 Å². The number of hydrogen-bond donors (Lipinski definition) is 0. The molecule has 0 saturated heterocycles. The molecule has 0 radical (unpaired) electrons. The van der Waals surface area contributed by atoms with Crippen molar-refractivity contribution in [2.75, 3.05) is 4.90 Å². The third-order valence-electron chi connectivity index (χ3n) is 16.8. The van der Waals surface area contributed by atoms with Gasteiger partial charge in [-0.25, -0.2) is 0 Å². The number of thiophene rings is 1. The molecule has 5 heterocycles. The van der Waals surface area contributed by atoms with Crippen LogP contribution < -0.4 is 26.0 Å². The largest absolute Gasteiger partial charge is 0.458 e. The fourth-order valence-electron chi connectivity index (χ4n) is 12.8. The molecule has 0 atom stereocenters. The lowest BCUT2D eigenvalue weighted by atomic mass is 9.34. The molecule has 9 aromatic carbocycles. The molecular weight excluding hydrogens is 942 g/mol. The van der Waals surface area contributed by atoms with Crippen molar-refractivity contribution < 1.29 is 4.74 Å². The summed E-state index contributed by atoms with van der Waals surface area (Å²) in [5, 5.41) is 7.76. The van der Waals surface area contributed by atoms with Gasteiger partial charge in [0.15, 0.2) is 0 Å². The zero-order valence-electron chi connectivity index (χ0n) is 45.5. The third kappa shape index (κ3) is 7.09. The molecule has 12 aromatic rings. The summed E-state index contributed by atoms with van der Waals surface area (Å²) >= 11 is 1.95. The van der Waals surface area contributed by atoms with Crippen molar-refractivity contribution in [3.63, 3.8) is 0 Å². The molecule has 2 aliphatic rings. The highest BCUT2D eigenvalue weighted by Gasteiger charge is 2.44. The first-order chi connectivity index (χ1) is 36.5. The van der Waals surface area contributed by atoms with Gasteiger partial charge in [-0.2, -0.15) is 0 Å². The Balaban J connectivity index is 1.05. The first-order valence-corrected chi connectivity index (χ1v) is 28.3. The van der Waals surface area contributed by atoms with Gasteiger partial charge in [-0.15, -0.1) is 11.3 Å². The summed E-state index contributed by atoms with van der Waals surface area (Å²) in [6.07, 6.45) is 3.20. The molecule has 0 bridgehead atoms. The average molecular weight is 1010 g/mol. The van der Waals surface area contributed by atoms with Crippen LogP contribution in [0.3, 0.4) is 0 Å². The molecule has 2 aliphatic heterocycles. The Morgan fingerprint density at radius 1 is 0.447 bits per heavy atom. The number of anilines is 3. The van der Waals surface area contributed by atoms with Crippen LogP contribution in [0.15, 0.2) is 170 Å². The number of hydrogen-bond acceptors (Lipinski definition) is 3. The van der Waals surface area contributed by atoms with Crippen LogP contribution in [0.1, 0.15) is 104 Å². The Kier molecular flexibility index (Phi) is 10.3. The molecule has 4 nitrogen and oxygen atoms in total. The van der Waals surface area contributed by atoms with E-state index in [9.17, 15) is 0 Å². The Bertz CT molecular complexity index is 4390. The van der Waals surface area contributed by atoms with Crippen molar-refractivity contribution in [3.8, 4) is 22.9 Å². The van der Waals surface area contributed by atoms with Crippen LogP contribution in [-0.2, 0) is 22.7 Å². The van der Waals surface area contributed by atoms with E-state index in [1.165, 1.54) is 119 Å². The molecule has 76 heavy (non-hydrogen) atoms. The molecule has 0 fully saturated rings. The van der Waals surface area contributed by atoms with Crippen LogP contribution in [0.5, 0.6) is 11.5 Å². The number of para-hydroxylation sites is 2. The minimum absolute atomic E-state index is 0.0211. The summed E-state index contributed by atoms with van der Waals surface area (Å²) in [6.45, 7) is 23.1. The van der Waals surface area contributed by atoms with Gasteiger partial charge in [0.2, 0.25) is 0 Å². The first kappa shape index (κ1) is 47.0. The highest BCUT2D eigenvalue weighted by Crippen LogP contribution is 2.49. The van der Waals surface area contributed by atoms with E-state index in [1.54, 1.807) is 0 Å². The zero-order valence-corrected chi connectivity index (χ0v) is 46.3. The highest BCUT2D eigenvalue weighted by molar-refractivity contribution is 7.26. The second kappa shape index (κ2) is 16.7. The van der Waals surface area contributed by atoms with Crippen molar-refractivity contribution in [2.45, 2.75) is 105 Å². The number of aryl methyl sites for hydroxylation is 1. The van der Waals surface area contributed by atoms with Crippen LogP contribution in [-0.4, -0.2) is 15.8 Å². The predicted octanol–water partition coefficient (Wildman–Crippen LogP) is 17.9. The van der Waals surface area contributed by atoms with Crippen molar-refractivity contribution in [1.29, 1.82) is 0 Å². The SMILES string of the molecule is CCCCc1c(N2c3cc(-n4c5ccccc5c5cc(C(C)(C)C)ccc54)ccc3B3c4ccc(-n5c6ccccc6c6cc(C(C)(C)C)ccc65)cc4Oc4cc(C(C)(C)C)cc2c43)ccc2c1sc1ccccc12. The van der Waals surface area contributed by atoms with Gasteiger partial charge in [-0.05, 0) is 147 Å². The van der Waals surface area contributed by atoms with Gasteiger partial charge >= 0.3 is 0 Å². The number of unbranched alkanes of at least 4 members (excludes halogenated alkanes) is 1. The van der Waals surface area contributed by atoms with Gasteiger partial charge in [0.05, 0.1) is 27.8 Å². The molecule has 374 valence electrons. The number of benzene rings is 9. The molecule has 0 amide bonds. The second-order valence-corrected chi connectivity index (χ2v) is 25.9. The zero-order chi connectivity index (χ0) is 52.2. The van der Waals surface area contributed by atoms with Crippen molar-refractivity contribution >= 4 is 115 Å². The molecular formula is C70H64BN3OS. The summed E-state index contributed by atoms with van der Waals surface area (Å²) in [7, 11) is 0. The van der Waals surface area contributed by atoms with Crippen LogP contribution in [0.2, 0.25) is 0 Å². The molecule has 0 aliphatic carbocycles. The summed E-state index contributed by atoms with van der Waals surface area (Å²) in [5.41, 5.74) is 19.6. The van der Waals surface area contributed by atoms with Crippen molar-refractivity contribution in [2.24, 2.45) is 0 Å². The molecule has 0 N–H and O–H groups in total. The normalized spacial score (nSPS) is 13.6. The summed E-state index contributed by atoms with van der Waals surface area (Å²) in [5.74, 6) is 1.84. The van der Waals surface area contributed by atoms with Gasteiger partial charge in [0.1, 0.15) is 11.5 Å². The number of fused-ring (bicyclic) bond motifs is 13. The van der Waals surface area contributed by atoms with E-state index >= 15 is 0 Å². The first-order valence-electron chi connectivity index (χ1n) is 27.5. The molecule has 6 heteroatoms. The smallest absolute Gasteiger partial charge is 0.256 e. The van der Waals surface area contributed by atoms with E-state index in [0.29, 0.717) is 0 Å². The van der Waals surface area contributed by atoms with E-state index in [4.69, 9.17) is 4.74 Å². The lowest BCUT2D eigenvalue weighted by molar-refractivity contribution is 0.483. The quantitative estimate of drug-likeness (QED) is 0.155. The molecule has 0 unspecified atom stereocenters. The van der Waals surface area contributed by atoms with Crippen LogP contribution in [0, 0.1) is 0 Å². The molecule has 3 aromatic heterocycles. The van der Waals surface area contributed by atoms with Crippen molar-refractivity contribution in [3.05, 3.63) is 192 Å². The van der Waals surface area contributed by atoms with Gasteiger partial charge in [-0.3, -0.25) is 0 Å². The Morgan fingerprint density at radius 3 is 1.63 bits per heavy atom. The lowest BCUT2D eigenvalue weighted by Crippen LogP contribution is -2.59. The number of rotatable bonds is 6. The molecule has 14 rings (SSSR count). The Morgan fingerprint density at radius 2 is 1.01 bits per heavy atom. The molecule has 0 saturated carbocycles. The average Bonchev–Trinajstić information content (AvgIpc) is 4.20. The van der Waals surface area contributed by atoms with E-state index in [0.717, 1.165) is 42.1 Å². The Hall–Kier alpha value is -7.54. The number of ether oxygens (including phenoxy) is 1. The Labute approximate surface area is 451 Å². The van der Waals surface area contributed by atoms with Crippen LogP contribution >= 0.6 is 11.3 Å². The van der Waals surface area contributed by atoms with E-state index < -0.39 is 0 Å². The second-order valence-electron chi connectivity index (χ2n) is 24.8. The minimum Gasteiger partial charge on any atom is -0.458 e. The predicted molar refractivity (Wildman–Crippen MR) is 329 cm³/mol. The summed E-state index contributed by atoms with van der Waals surface area (Å²) < 4.78 is 15.1. The number of nitrogens with zero attached hydrogens (tertiary/aromatic N) is 3. The van der Waals surface area contributed by atoms with Gasteiger partial charge in [0.25, 0.3) is 6.71 Å². The van der Waals surface area contributed by atoms with Gasteiger partial charge < -0.3 is 18.8 Å². The maximum absolute atomic E-state index is 7.46. The van der Waals surface area contributed by atoms with Gasteiger partial charge in [0, 0.05) is 70.5 Å². The fourth-order valence-corrected chi connectivity index (χ4v) is 14.0. The fraction of sp³-hybridized carbons (Fsp3) is 0.229. The molecule has 0 spiro atoms. The lowest BCUT2D eigenvalue weighted by Gasteiger charge is -2.42. The van der Waals surface area contributed by atoms with Crippen LogP contribution in [0.25, 0.3) is 75.2 Å². The number of aromatic nitrogens is 2. The maximum Gasteiger partial charge on any atom is 0.256 e. The van der Waals surface area contributed by atoms with Crippen molar-refractivity contribution in [1.82, 2.24) is 9.13 Å². The van der Waals surface area contributed by atoms with Gasteiger partial charge in [-0.1, -0.05) is 161 Å². The van der Waals surface area contributed by atoms with Crippen LogP contribution in [0.4, 0.5) is 17.1 Å². The van der Waals surface area contributed by atoms with E-state index in [-0.39, 0.29) is 23.0 Å². The monoisotopic (exact) mass is 1010 g/mol. The van der Waals surface area contributed by atoms with E-state index in [2.05, 4.69) is 253 Å². The maximum atomic E-state index is 7.46. The third-order valence-corrected chi connectivity index (χ3v) is 18.1. The summed E-state index contributed by atoms with van der Waals surface area (Å²) in [6, 6.07) is 65.0. The van der Waals surface area contributed by atoms with E-state index in [1.807, 2.05) is 11.3 Å². The highest BCUT2D eigenvalue weighted by atomic mass is 32.1. The standard InChI is InChI=1S/C70H64BN3OS/c1-11-12-19-51-58(35-30-50-49-22-15-18-25-65(49)76-67(50)51)74-61-40-45(72-56-23-16-13-20-47(56)52-36-42(68(2,3)4)26-33-59(52)72)28-31-54(61)71-55-32-29-46(41-63(55)75-64-39-44(70(8,9)10)38-62(74)66(64)71)73-57-24-17-14-21-48(57)53-37-43(69(5,6)7)27-34-60(53)73/h13-18,20-41H,11-12,19H2,1-10H3. The summed E-state index contributed by atoms with van der Waals surface area (Å²) in [4.78, 5) is 2.65. The minimum atomic E-state index is -0.162.